The molecule has 0 aliphatic carbocycles. The van der Waals surface area contributed by atoms with E-state index in [1.54, 1.807) is 24.1 Å². The van der Waals surface area contributed by atoms with Crippen molar-refractivity contribution in [2.45, 2.75) is 39.3 Å². The fourth-order valence-corrected chi connectivity index (χ4v) is 2.73. The fraction of sp³-hybridized carbons (Fsp3) is 0.611. The highest BCUT2D eigenvalue weighted by atomic mass is 19.3. The lowest BCUT2D eigenvalue weighted by molar-refractivity contribution is -0.156. The summed E-state index contributed by atoms with van der Waals surface area (Å²) in [7, 11) is 1.72. The van der Waals surface area contributed by atoms with Crippen molar-refractivity contribution in [3.05, 3.63) is 29.8 Å². The average Bonchev–Trinajstić information content (AvgIpc) is 3.33. The molecule has 146 valence electrons. The number of amides is 1. The van der Waals surface area contributed by atoms with Crippen LogP contribution in [0.5, 0.6) is 5.75 Å². The molecule has 1 heterocycles. The summed E-state index contributed by atoms with van der Waals surface area (Å²) in [5.41, 5.74) is 0.822. The van der Waals surface area contributed by atoms with E-state index in [4.69, 9.17) is 9.47 Å². The molecule has 1 aromatic carbocycles. The van der Waals surface area contributed by atoms with Crippen LogP contribution in [0.25, 0.3) is 0 Å². The van der Waals surface area contributed by atoms with E-state index in [0.717, 1.165) is 5.56 Å². The monoisotopic (exact) mass is 372 g/mol. The summed E-state index contributed by atoms with van der Waals surface area (Å²) >= 11 is 0. The zero-order valence-electron chi connectivity index (χ0n) is 15.4. The molecular formula is C18H26F2N2O4. The molecule has 26 heavy (non-hydrogen) atoms. The van der Waals surface area contributed by atoms with Crippen LogP contribution < -0.4 is 4.74 Å². The highest BCUT2D eigenvalue weighted by Gasteiger charge is 2.42. The molecule has 0 N–H and O–H groups in total. The van der Waals surface area contributed by atoms with Gasteiger partial charge in [0.15, 0.2) is 6.29 Å². The van der Waals surface area contributed by atoms with Gasteiger partial charge >= 0.3 is 6.61 Å². The number of ether oxygens (including phenoxy) is 3. The van der Waals surface area contributed by atoms with Crippen molar-refractivity contribution in [3.63, 3.8) is 0 Å². The van der Waals surface area contributed by atoms with E-state index in [0.29, 0.717) is 32.8 Å². The maximum Gasteiger partial charge on any atom is 0.387 e. The van der Waals surface area contributed by atoms with Crippen LogP contribution >= 0.6 is 0 Å². The molecule has 0 spiro atoms. The number of halogens is 2. The molecule has 1 aliphatic rings. The minimum atomic E-state index is -2.85. The second kappa shape index (κ2) is 9.80. The molecule has 0 bridgehead atoms. The Kier molecular flexibility index (Phi) is 7.74. The molecule has 0 aromatic heterocycles. The van der Waals surface area contributed by atoms with Crippen LogP contribution in [0, 0.1) is 0 Å². The summed E-state index contributed by atoms with van der Waals surface area (Å²) in [5, 5.41) is 0. The van der Waals surface area contributed by atoms with Gasteiger partial charge in [0.25, 0.3) is 0 Å². The van der Waals surface area contributed by atoms with Gasteiger partial charge in [-0.3, -0.25) is 9.69 Å². The zero-order chi connectivity index (χ0) is 19.1. The van der Waals surface area contributed by atoms with E-state index in [1.807, 2.05) is 24.8 Å². The number of hydrogen-bond acceptors (Lipinski definition) is 5. The maximum absolute atomic E-state index is 12.5. The normalized spacial score (nSPS) is 19.0. The van der Waals surface area contributed by atoms with Crippen molar-refractivity contribution in [1.29, 1.82) is 0 Å². The van der Waals surface area contributed by atoms with Crippen LogP contribution in [0.2, 0.25) is 0 Å². The lowest BCUT2D eigenvalue weighted by Gasteiger charge is -2.24. The topological polar surface area (TPSA) is 51.0 Å². The van der Waals surface area contributed by atoms with E-state index >= 15 is 0 Å². The fourth-order valence-electron chi connectivity index (χ4n) is 2.73. The standard InChI is InChI=1S/C18H26F2N2O4/c1-4-24-16(25-5-2)12-21(3)17(23)15-11-22(15)10-13-7-6-8-14(9-13)26-18(19)20/h6-9,15-16,18H,4-5,10-12H2,1-3H3. The van der Waals surface area contributed by atoms with E-state index < -0.39 is 12.9 Å². The molecule has 1 aromatic rings. The predicted octanol–water partition coefficient (Wildman–Crippen LogP) is 2.33. The summed E-state index contributed by atoms with van der Waals surface area (Å²) in [4.78, 5) is 16.1. The number of nitrogens with zero attached hydrogens (tertiary/aromatic N) is 2. The Labute approximate surface area is 152 Å². The first-order chi connectivity index (χ1) is 12.4. The van der Waals surface area contributed by atoms with E-state index in [-0.39, 0.29) is 17.7 Å². The lowest BCUT2D eigenvalue weighted by Crippen LogP contribution is -2.40. The number of rotatable bonds is 11. The summed E-state index contributed by atoms with van der Waals surface area (Å²) in [6.07, 6.45) is -0.436. The molecule has 2 unspecified atom stereocenters. The van der Waals surface area contributed by atoms with Gasteiger partial charge in [-0.25, -0.2) is 0 Å². The molecule has 1 saturated heterocycles. The van der Waals surface area contributed by atoms with Crippen molar-refractivity contribution in [3.8, 4) is 5.75 Å². The van der Waals surface area contributed by atoms with Crippen molar-refractivity contribution in [2.75, 3.05) is 33.4 Å². The van der Waals surface area contributed by atoms with Gasteiger partial charge in [-0.1, -0.05) is 12.1 Å². The van der Waals surface area contributed by atoms with Crippen molar-refractivity contribution >= 4 is 5.91 Å². The molecule has 0 radical (unpaired) electrons. The van der Waals surface area contributed by atoms with Crippen LogP contribution in [-0.2, 0) is 20.8 Å². The van der Waals surface area contributed by atoms with Gasteiger partial charge < -0.3 is 19.1 Å². The maximum atomic E-state index is 12.5. The van der Waals surface area contributed by atoms with Crippen molar-refractivity contribution < 1.29 is 27.8 Å². The Hall–Kier alpha value is -1.77. The van der Waals surface area contributed by atoms with Crippen molar-refractivity contribution in [1.82, 2.24) is 9.80 Å². The minimum Gasteiger partial charge on any atom is -0.435 e. The Morgan fingerprint density at radius 1 is 1.31 bits per heavy atom. The van der Waals surface area contributed by atoms with E-state index in [9.17, 15) is 13.6 Å². The number of carbonyl (C=O) groups is 1. The molecule has 8 heteroatoms. The van der Waals surface area contributed by atoms with Crippen molar-refractivity contribution in [2.24, 2.45) is 0 Å². The first kappa shape index (κ1) is 20.5. The Morgan fingerprint density at radius 3 is 2.62 bits per heavy atom. The third kappa shape index (κ3) is 6.19. The number of carbonyl (C=O) groups excluding carboxylic acids is 1. The molecule has 1 fully saturated rings. The molecule has 1 amide bonds. The van der Waals surface area contributed by atoms with Crippen LogP contribution in [0.4, 0.5) is 8.78 Å². The molecule has 2 atom stereocenters. The quantitative estimate of drug-likeness (QED) is 0.441. The van der Waals surface area contributed by atoms with Gasteiger partial charge in [0.2, 0.25) is 5.91 Å². The highest BCUT2D eigenvalue weighted by molar-refractivity contribution is 5.84. The van der Waals surface area contributed by atoms with E-state index in [2.05, 4.69) is 4.74 Å². The Bertz CT molecular complexity index is 582. The van der Waals surface area contributed by atoms with Crippen LogP contribution in [0.3, 0.4) is 0 Å². The number of likely N-dealkylation sites (N-methyl/N-ethyl adjacent to an activating group) is 1. The second-order valence-corrected chi connectivity index (χ2v) is 6.03. The second-order valence-electron chi connectivity index (χ2n) is 6.03. The number of alkyl halides is 2. The molecule has 1 aliphatic heterocycles. The van der Waals surface area contributed by atoms with E-state index in [1.165, 1.54) is 6.07 Å². The van der Waals surface area contributed by atoms with Gasteiger partial charge in [-0.15, -0.1) is 0 Å². The van der Waals surface area contributed by atoms with Gasteiger partial charge in [0.1, 0.15) is 11.8 Å². The lowest BCUT2D eigenvalue weighted by atomic mass is 10.2. The van der Waals surface area contributed by atoms with Crippen LogP contribution in [0.15, 0.2) is 24.3 Å². The third-order valence-corrected chi connectivity index (χ3v) is 4.01. The first-order valence-corrected chi connectivity index (χ1v) is 8.70. The van der Waals surface area contributed by atoms with Crippen LogP contribution in [0.1, 0.15) is 19.4 Å². The van der Waals surface area contributed by atoms with Gasteiger partial charge in [0, 0.05) is 33.4 Å². The Balaban J connectivity index is 1.84. The molecular weight excluding hydrogens is 346 g/mol. The molecule has 2 rings (SSSR count). The molecule has 6 nitrogen and oxygen atoms in total. The third-order valence-electron chi connectivity index (χ3n) is 4.01. The smallest absolute Gasteiger partial charge is 0.387 e. The number of benzene rings is 1. The average molecular weight is 372 g/mol. The summed E-state index contributed by atoms with van der Waals surface area (Å²) < 4.78 is 39.9. The van der Waals surface area contributed by atoms with Gasteiger partial charge in [-0.2, -0.15) is 8.78 Å². The Morgan fingerprint density at radius 2 is 2.00 bits per heavy atom. The van der Waals surface area contributed by atoms with Gasteiger partial charge in [0.05, 0.1) is 6.54 Å². The minimum absolute atomic E-state index is 0.00519. The summed E-state index contributed by atoms with van der Waals surface area (Å²) in [6, 6.07) is 6.32. The SMILES string of the molecule is CCOC(CN(C)C(=O)C1CN1Cc1cccc(OC(F)F)c1)OCC. The predicted molar refractivity (Wildman–Crippen MR) is 91.9 cm³/mol. The first-order valence-electron chi connectivity index (χ1n) is 8.70. The summed E-state index contributed by atoms with van der Waals surface area (Å²) in [5.74, 6) is 0.116. The van der Waals surface area contributed by atoms with Gasteiger partial charge in [-0.05, 0) is 31.5 Å². The number of hydrogen-bond donors (Lipinski definition) is 0. The highest BCUT2D eigenvalue weighted by Crippen LogP contribution is 2.25. The zero-order valence-corrected chi connectivity index (χ0v) is 15.4. The summed E-state index contributed by atoms with van der Waals surface area (Å²) in [6.45, 7) is 3.44. The largest absolute Gasteiger partial charge is 0.435 e. The van der Waals surface area contributed by atoms with Crippen LogP contribution in [-0.4, -0.2) is 68.0 Å². The molecule has 0 saturated carbocycles.